The molecule has 4 heteroatoms. The first-order valence-electron chi connectivity index (χ1n) is 7.80. The summed E-state index contributed by atoms with van der Waals surface area (Å²) >= 11 is 0. The van der Waals surface area contributed by atoms with Crippen molar-refractivity contribution < 1.29 is 4.42 Å². The summed E-state index contributed by atoms with van der Waals surface area (Å²) in [6.45, 7) is 0.690. The van der Waals surface area contributed by atoms with Gasteiger partial charge in [0.1, 0.15) is 0 Å². The normalized spacial score (nSPS) is 39.9. The Morgan fingerprint density at radius 3 is 2.26 bits per heavy atom. The van der Waals surface area contributed by atoms with E-state index < -0.39 is 0 Å². The summed E-state index contributed by atoms with van der Waals surface area (Å²) in [4.78, 5) is 0. The van der Waals surface area contributed by atoms with Crippen LogP contribution in [-0.4, -0.2) is 16.7 Å². The summed E-state index contributed by atoms with van der Waals surface area (Å²) in [7, 11) is 0. The summed E-state index contributed by atoms with van der Waals surface area (Å²) in [6, 6.07) is 0. The molecule has 1 aromatic rings. The van der Waals surface area contributed by atoms with Crippen LogP contribution in [-0.2, 0) is 11.8 Å². The van der Waals surface area contributed by atoms with Crippen molar-refractivity contribution in [3.8, 4) is 0 Å². The Balaban J connectivity index is 1.59. The lowest BCUT2D eigenvalue weighted by Gasteiger charge is -2.55. The molecule has 0 saturated heterocycles. The van der Waals surface area contributed by atoms with E-state index in [1.807, 2.05) is 0 Å². The van der Waals surface area contributed by atoms with Crippen LogP contribution in [0.15, 0.2) is 4.42 Å². The molecule has 4 bridgehead atoms. The minimum atomic E-state index is 0.239. The summed E-state index contributed by atoms with van der Waals surface area (Å²) in [5.74, 6) is 4.50. The van der Waals surface area contributed by atoms with Gasteiger partial charge in [0, 0.05) is 11.8 Å². The van der Waals surface area contributed by atoms with Gasteiger partial charge in [-0.1, -0.05) is 0 Å². The molecule has 0 aliphatic heterocycles. The average molecular weight is 261 g/mol. The number of hydrogen-bond donors (Lipinski definition) is 1. The zero-order valence-corrected chi connectivity index (χ0v) is 11.5. The quantitative estimate of drug-likeness (QED) is 0.904. The highest BCUT2D eigenvalue weighted by molar-refractivity contribution is 5.14. The second-order valence-corrected chi connectivity index (χ2v) is 7.09. The van der Waals surface area contributed by atoms with Crippen LogP contribution in [0, 0.1) is 17.8 Å². The van der Waals surface area contributed by atoms with Crippen LogP contribution < -0.4 is 5.73 Å². The van der Waals surface area contributed by atoms with E-state index in [9.17, 15) is 0 Å². The van der Waals surface area contributed by atoms with Crippen molar-refractivity contribution in [3.63, 3.8) is 0 Å². The van der Waals surface area contributed by atoms with E-state index in [0.29, 0.717) is 6.54 Å². The molecule has 4 aliphatic carbocycles. The number of nitrogens with two attached hydrogens (primary N) is 1. The molecule has 0 radical (unpaired) electrons. The number of nitrogens with zero attached hydrogens (tertiary/aromatic N) is 2. The van der Waals surface area contributed by atoms with Crippen molar-refractivity contribution in [2.24, 2.45) is 23.5 Å². The molecular formula is C15H23N3O. The van der Waals surface area contributed by atoms with E-state index >= 15 is 0 Å². The molecule has 0 amide bonds. The Hall–Kier alpha value is -0.900. The van der Waals surface area contributed by atoms with Crippen molar-refractivity contribution in [3.05, 3.63) is 11.8 Å². The number of hydrogen-bond acceptors (Lipinski definition) is 4. The summed E-state index contributed by atoms with van der Waals surface area (Å²) in [5, 5.41) is 8.64. The Bertz CT molecular complexity index is 432. The highest BCUT2D eigenvalue weighted by atomic mass is 16.4. The predicted octanol–water partition coefficient (Wildman–Crippen LogP) is 2.43. The van der Waals surface area contributed by atoms with E-state index in [0.717, 1.165) is 42.4 Å². The molecule has 104 valence electrons. The van der Waals surface area contributed by atoms with Crippen LogP contribution in [0.4, 0.5) is 0 Å². The van der Waals surface area contributed by atoms with Crippen LogP contribution in [0.2, 0.25) is 0 Å². The Morgan fingerprint density at radius 1 is 1.05 bits per heavy atom. The molecule has 1 heterocycles. The minimum absolute atomic E-state index is 0.239. The van der Waals surface area contributed by atoms with Gasteiger partial charge < -0.3 is 10.2 Å². The van der Waals surface area contributed by atoms with E-state index in [4.69, 9.17) is 10.2 Å². The maximum atomic E-state index is 5.99. The lowest BCUT2D eigenvalue weighted by molar-refractivity contribution is -0.0182. The van der Waals surface area contributed by atoms with Gasteiger partial charge in [0.15, 0.2) is 0 Å². The molecule has 4 fully saturated rings. The molecule has 19 heavy (non-hydrogen) atoms. The molecule has 0 atom stereocenters. The Morgan fingerprint density at radius 2 is 1.68 bits per heavy atom. The standard InChI is InChI=1S/C15H23N3O/c16-3-1-2-13-17-18-14(19-13)15-7-10-4-11(8-15)6-12(5-10)9-15/h10-12H,1-9,16H2. The third kappa shape index (κ3) is 1.92. The molecule has 4 saturated carbocycles. The smallest absolute Gasteiger partial charge is 0.222 e. The number of aryl methyl sites for hydroxylation is 1. The van der Waals surface area contributed by atoms with Crippen molar-refractivity contribution in [2.75, 3.05) is 6.54 Å². The van der Waals surface area contributed by atoms with E-state index in [1.165, 1.54) is 38.5 Å². The first-order chi connectivity index (χ1) is 9.27. The monoisotopic (exact) mass is 261 g/mol. The first kappa shape index (κ1) is 11.9. The van der Waals surface area contributed by atoms with Crippen molar-refractivity contribution in [1.82, 2.24) is 10.2 Å². The van der Waals surface area contributed by atoms with Gasteiger partial charge in [-0.25, -0.2) is 0 Å². The predicted molar refractivity (Wildman–Crippen MR) is 71.5 cm³/mol. The fourth-order valence-electron chi connectivity index (χ4n) is 5.19. The van der Waals surface area contributed by atoms with Gasteiger partial charge in [-0.3, -0.25) is 0 Å². The molecule has 5 rings (SSSR count). The highest BCUT2D eigenvalue weighted by Gasteiger charge is 2.54. The zero-order chi connectivity index (χ0) is 12.9. The molecule has 4 aliphatic rings. The SMILES string of the molecule is NCCCc1nnc(C23CC4CC(CC(C4)C2)C3)o1. The summed E-state index contributed by atoms with van der Waals surface area (Å²) in [6.07, 6.45) is 9.99. The van der Waals surface area contributed by atoms with Gasteiger partial charge in [-0.05, 0) is 69.2 Å². The number of aromatic nitrogens is 2. The van der Waals surface area contributed by atoms with Gasteiger partial charge in [-0.15, -0.1) is 10.2 Å². The zero-order valence-electron chi connectivity index (χ0n) is 11.5. The van der Waals surface area contributed by atoms with Gasteiger partial charge in [0.25, 0.3) is 0 Å². The Kier molecular flexibility index (Phi) is 2.69. The van der Waals surface area contributed by atoms with Gasteiger partial charge in [0.05, 0.1) is 0 Å². The van der Waals surface area contributed by atoms with E-state index in [1.54, 1.807) is 0 Å². The summed E-state index contributed by atoms with van der Waals surface area (Å²) < 4.78 is 5.99. The van der Waals surface area contributed by atoms with Crippen LogP contribution in [0.25, 0.3) is 0 Å². The van der Waals surface area contributed by atoms with Crippen molar-refractivity contribution in [1.29, 1.82) is 0 Å². The molecule has 4 nitrogen and oxygen atoms in total. The van der Waals surface area contributed by atoms with Crippen LogP contribution in [0.5, 0.6) is 0 Å². The number of rotatable bonds is 4. The maximum Gasteiger partial charge on any atom is 0.222 e. The second kappa shape index (κ2) is 4.30. The van der Waals surface area contributed by atoms with Crippen LogP contribution in [0.3, 0.4) is 0 Å². The average Bonchev–Trinajstić information content (AvgIpc) is 2.84. The molecular weight excluding hydrogens is 238 g/mol. The molecule has 0 spiro atoms. The minimum Gasteiger partial charge on any atom is -0.425 e. The van der Waals surface area contributed by atoms with Crippen molar-refractivity contribution in [2.45, 2.75) is 56.8 Å². The van der Waals surface area contributed by atoms with Crippen molar-refractivity contribution >= 4 is 0 Å². The largest absolute Gasteiger partial charge is 0.425 e. The fraction of sp³-hybridized carbons (Fsp3) is 0.867. The topological polar surface area (TPSA) is 64.9 Å². The van der Waals surface area contributed by atoms with E-state index in [2.05, 4.69) is 10.2 Å². The molecule has 0 unspecified atom stereocenters. The van der Waals surface area contributed by atoms with Gasteiger partial charge in [-0.2, -0.15) is 0 Å². The van der Waals surface area contributed by atoms with Crippen LogP contribution in [0.1, 0.15) is 56.7 Å². The Labute approximate surface area is 114 Å². The lowest BCUT2D eigenvalue weighted by Crippen LogP contribution is -2.48. The maximum absolute atomic E-state index is 5.99. The highest BCUT2D eigenvalue weighted by Crippen LogP contribution is 2.60. The lowest BCUT2D eigenvalue weighted by atomic mass is 9.49. The van der Waals surface area contributed by atoms with E-state index in [-0.39, 0.29) is 5.41 Å². The molecule has 1 aromatic heterocycles. The van der Waals surface area contributed by atoms with Gasteiger partial charge >= 0.3 is 0 Å². The molecule has 0 aromatic carbocycles. The fourth-order valence-corrected chi connectivity index (χ4v) is 5.19. The third-order valence-electron chi connectivity index (χ3n) is 5.55. The summed E-state index contributed by atoms with van der Waals surface area (Å²) in [5.41, 5.74) is 5.78. The van der Waals surface area contributed by atoms with Gasteiger partial charge in [0.2, 0.25) is 11.8 Å². The first-order valence-corrected chi connectivity index (χ1v) is 7.80. The molecule has 2 N–H and O–H groups in total. The third-order valence-corrected chi connectivity index (χ3v) is 5.55. The second-order valence-electron chi connectivity index (χ2n) is 7.09. The van der Waals surface area contributed by atoms with Crippen LogP contribution >= 0.6 is 0 Å².